The van der Waals surface area contributed by atoms with Crippen LogP contribution >= 0.6 is 0 Å². The maximum atomic E-state index is 10.3. The molecule has 3 N–H and O–H groups in total. The fourth-order valence-corrected chi connectivity index (χ4v) is 1.12. The Morgan fingerprint density at radius 1 is 1.60 bits per heavy atom. The summed E-state index contributed by atoms with van der Waals surface area (Å²) < 4.78 is 0. The van der Waals surface area contributed by atoms with Gasteiger partial charge in [0.25, 0.3) is 0 Å². The highest BCUT2D eigenvalue weighted by Gasteiger charge is 2.28. The second-order valence-electron chi connectivity index (χ2n) is 2.48. The molecule has 0 radical (unpaired) electrons. The number of carbonyl (C=O) groups is 1. The Bertz CT molecular complexity index is 137. The van der Waals surface area contributed by atoms with E-state index in [2.05, 4.69) is 5.32 Å². The fourth-order valence-electron chi connectivity index (χ4n) is 1.12. The lowest BCUT2D eigenvalue weighted by Crippen LogP contribution is -2.49. The van der Waals surface area contributed by atoms with Crippen LogP contribution in [0.2, 0.25) is 0 Å². The monoisotopic (exact) mass is 145 g/mol. The van der Waals surface area contributed by atoms with Crippen LogP contribution in [-0.4, -0.2) is 34.9 Å². The average Bonchev–Trinajstić information content (AvgIpc) is 1.88. The molecule has 1 aliphatic rings. The van der Waals surface area contributed by atoms with E-state index in [-0.39, 0.29) is 0 Å². The van der Waals surface area contributed by atoms with Crippen molar-refractivity contribution in [2.45, 2.75) is 25.0 Å². The first-order valence-electron chi connectivity index (χ1n) is 3.36. The standard InChI is InChI=1S/C6H11NO3/c8-4-2-1-3-7-5(4)6(9)10/h4-5,7-8H,1-3H2,(H,9,10)/t4?,5-/m0/s1. The molecule has 1 aliphatic heterocycles. The normalized spacial score (nSPS) is 33.7. The van der Waals surface area contributed by atoms with Crippen molar-refractivity contribution in [3.8, 4) is 0 Å². The molecule has 1 rings (SSSR count). The average molecular weight is 145 g/mol. The Hall–Kier alpha value is -0.610. The maximum absolute atomic E-state index is 10.3. The molecule has 0 bridgehead atoms. The van der Waals surface area contributed by atoms with Crippen LogP contribution in [0.4, 0.5) is 0 Å². The van der Waals surface area contributed by atoms with Gasteiger partial charge in [-0.1, -0.05) is 0 Å². The van der Waals surface area contributed by atoms with Gasteiger partial charge in [-0.15, -0.1) is 0 Å². The molecule has 10 heavy (non-hydrogen) atoms. The molecule has 0 saturated carbocycles. The molecule has 0 aromatic rings. The lowest BCUT2D eigenvalue weighted by molar-refractivity contribution is -0.143. The SMILES string of the molecule is O=C(O)[C@H]1NCCCC1O. The zero-order chi connectivity index (χ0) is 7.56. The van der Waals surface area contributed by atoms with Gasteiger partial charge in [0, 0.05) is 0 Å². The molecule has 58 valence electrons. The Morgan fingerprint density at radius 2 is 2.30 bits per heavy atom. The van der Waals surface area contributed by atoms with Gasteiger partial charge in [0.1, 0.15) is 6.04 Å². The summed E-state index contributed by atoms with van der Waals surface area (Å²) >= 11 is 0. The van der Waals surface area contributed by atoms with E-state index >= 15 is 0 Å². The minimum Gasteiger partial charge on any atom is -0.480 e. The van der Waals surface area contributed by atoms with Crippen LogP contribution < -0.4 is 5.32 Å². The van der Waals surface area contributed by atoms with Gasteiger partial charge in [0.2, 0.25) is 0 Å². The van der Waals surface area contributed by atoms with Crippen LogP contribution in [-0.2, 0) is 4.79 Å². The van der Waals surface area contributed by atoms with E-state index < -0.39 is 18.1 Å². The predicted molar refractivity (Wildman–Crippen MR) is 34.7 cm³/mol. The Morgan fingerprint density at radius 3 is 2.70 bits per heavy atom. The molecule has 1 fully saturated rings. The zero-order valence-electron chi connectivity index (χ0n) is 5.58. The number of carboxylic acids is 1. The Kier molecular flexibility index (Phi) is 2.24. The van der Waals surface area contributed by atoms with Gasteiger partial charge in [-0.05, 0) is 19.4 Å². The second kappa shape index (κ2) is 2.98. The molecular formula is C6H11NO3. The number of piperidine rings is 1. The zero-order valence-corrected chi connectivity index (χ0v) is 5.58. The molecule has 0 aliphatic carbocycles. The van der Waals surface area contributed by atoms with E-state index in [4.69, 9.17) is 10.2 Å². The van der Waals surface area contributed by atoms with Gasteiger partial charge in [-0.2, -0.15) is 0 Å². The molecule has 0 spiro atoms. The number of aliphatic hydroxyl groups excluding tert-OH is 1. The summed E-state index contributed by atoms with van der Waals surface area (Å²) in [6, 6.07) is -0.756. The fraction of sp³-hybridized carbons (Fsp3) is 0.833. The lowest BCUT2D eigenvalue weighted by atomic mass is 10.0. The molecule has 1 heterocycles. The van der Waals surface area contributed by atoms with Crippen molar-refractivity contribution in [2.75, 3.05) is 6.54 Å². The first-order valence-corrected chi connectivity index (χ1v) is 3.36. The van der Waals surface area contributed by atoms with Gasteiger partial charge < -0.3 is 15.5 Å². The smallest absolute Gasteiger partial charge is 0.323 e. The number of rotatable bonds is 1. The molecular weight excluding hydrogens is 134 g/mol. The van der Waals surface area contributed by atoms with Gasteiger partial charge in [0.15, 0.2) is 0 Å². The van der Waals surface area contributed by atoms with Crippen LogP contribution in [0.1, 0.15) is 12.8 Å². The number of aliphatic hydroxyl groups is 1. The van der Waals surface area contributed by atoms with Crippen LogP contribution in [0.15, 0.2) is 0 Å². The number of carboxylic acid groups (broad SMARTS) is 1. The van der Waals surface area contributed by atoms with Crippen molar-refractivity contribution < 1.29 is 15.0 Å². The molecule has 0 aromatic carbocycles. The molecule has 1 saturated heterocycles. The molecule has 2 atom stereocenters. The van der Waals surface area contributed by atoms with Gasteiger partial charge in [0.05, 0.1) is 6.10 Å². The van der Waals surface area contributed by atoms with Crippen molar-refractivity contribution in [2.24, 2.45) is 0 Å². The summed E-state index contributed by atoms with van der Waals surface area (Å²) in [5.74, 6) is -0.966. The van der Waals surface area contributed by atoms with E-state index in [1.54, 1.807) is 0 Å². The third kappa shape index (κ3) is 1.46. The van der Waals surface area contributed by atoms with Crippen molar-refractivity contribution in [3.63, 3.8) is 0 Å². The van der Waals surface area contributed by atoms with E-state index in [0.717, 1.165) is 6.42 Å². The molecule has 0 aromatic heterocycles. The number of nitrogens with one attached hydrogen (secondary N) is 1. The lowest BCUT2D eigenvalue weighted by Gasteiger charge is -2.24. The third-order valence-corrected chi connectivity index (χ3v) is 1.69. The largest absolute Gasteiger partial charge is 0.480 e. The highest BCUT2D eigenvalue weighted by molar-refractivity contribution is 5.74. The third-order valence-electron chi connectivity index (χ3n) is 1.69. The van der Waals surface area contributed by atoms with E-state index in [0.29, 0.717) is 13.0 Å². The van der Waals surface area contributed by atoms with Gasteiger partial charge >= 0.3 is 5.97 Å². The summed E-state index contributed by atoms with van der Waals surface area (Å²) in [4.78, 5) is 10.3. The van der Waals surface area contributed by atoms with E-state index in [9.17, 15) is 4.79 Å². The Balaban J connectivity index is 2.47. The topological polar surface area (TPSA) is 69.6 Å². The Labute approximate surface area is 58.9 Å². The molecule has 4 nitrogen and oxygen atoms in total. The summed E-state index contributed by atoms with van der Waals surface area (Å²) in [5.41, 5.74) is 0. The first kappa shape index (κ1) is 7.50. The van der Waals surface area contributed by atoms with Crippen LogP contribution in [0, 0.1) is 0 Å². The highest BCUT2D eigenvalue weighted by atomic mass is 16.4. The van der Waals surface area contributed by atoms with Crippen molar-refractivity contribution in [3.05, 3.63) is 0 Å². The van der Waals surface area contributed by atoms with Crippen molar-refractivity contribution in [1.29, 1.82) is 0 Å². The maximum Gasteiger partial charge on any atom is 0.323 e. The quantitative estimate of drug-likeness (QED) is 0.451. The minimum absolute atomic E-state index is 0.587. The first-order chi connectivity index (χ1) is 4.72. The molecule has 4 heteroatoms. The van der Waals surface area contributed by atoms with Crippen LogP contribution in [0.5, 0.6) is 0 Å². The summed E-state index contributed by atoms with van der Waals surface area (Å²) in [6.45, 7) is 0.689. The van der Waals surface area contributed by atoms with Crippen molar-refractivity contribution in [1.82, 2.24) is 5.32 Å². The minimum atomic E-state index is -0.966. The summed E-state index contributed by atoms with van der Waals surface area (Å²) in [5, 5.41) is 20.3. The van der Waals surface area contributed by atoms with E-state index in [1.165, 1.54) is 0 Å². The van der Waals surface area contributed by atoms with Gasteiger partial charge in [-0.25, -0.2) is 0 Å². The summed E-state index contributed by atoms with van der Waals surface area (Å²) in [6.07, 6.45) is 0.723. The molecule has 1 unspecified atom stereocenters. The van der Waals surface area contributed by atoms with Crippen molar-refractivity contribution >= 4 is 5.97 Å². The van der Waals surface area contributed by atoms with Crippen LogP contribution in [0.25, 0.3) is 0 Å². The number of hydrogen-bond acceptors (Lipinski definition) is 3. The van der Waals surface area contributed by atoms with Crippen LogP contribution in [0.3, 0.4) is 0 Å². The predicted octanol–water partition coefficient (Wildman–Crippen LogP) is -0.816. The number of aliphatic carboxylic acids is 1. The highest BCUT2D eigenvalue weighted by Crippen LogP contribution is 2.07. The molecule has 0 amide bonds. The van der Waals surface area contributed by atoms with Gasteiger partial charge in [-0.3, -0.25) is 4.79 Å². The van der Waals surface area contributed by atoms with E-state index in [1.807, 2.05) is 0 Å². The summed E-state index contributed by atoms with van der Waals surface area (Å²) in [7, 11) is 0. The second-order valence-corrected chi connectivity index (χ2v) is 2.48. The number of hydrogen-bond donors (Lipinski definition) is 3.